The Morgan fingerprint density at radius 2 is 1.96 bits per heavy atom. The van der Waals surface area contributed by atoms with Crippen LogP contribution in [0.5, 0.6) is 0 Å². The molecule has 138 valence electrons. The van der Waals surface area contributed by atoms with E-state index in [9.17, 15) is 14.0 Å². The molecule has 0 bridgehead atoms. The third kappa shape index (κ3) is 3.45. The molecule has 0 spiro atoms. The van der Waals surface area contributed by atoms with Gasteiger partial charge < -0.3 is 15.2 Å². The van der Waals surface area contributed by atoms with E-state index >= 15 is 0 Å². The highest BCUT2D eigenvalue weighted by Crippen LogP contribution is 2.30. The minimum atomic E-state index is -1.84. The summed E-state index contributed by atoms with van der Waals surface area (Å²) in [6.45, 7) is 1.15. The van der Waals surface area contributed by atoms with E-state index in [4.69, 9.17) is 0 Å². The highest BCUT2D eigenvalue weighted by Gasteiger charge is 2.42. The molecule has 1 aliphatic carbocycles. The van der Waals surface area contributed by atoms with Gasteiger partial charge in [0.2, 0.25) is 5.91 Å². The molecule has 0 unspecified atom stereocenters. The number of benzene rings is 1. The Morgan fingerprint density at radius 3 is 2.69 bits per heavy atom. The van der Waals surface area contributed by atoms with Crippen molar-refractivity contribution in [2.24, 2.45) is 5.92 Å². The van der Waals surface area contributed by atoms with Gasteiger partial charge in [0.1, 0.15) is 0 Å². The van der Waals surface area contributed by atoms with Gasteiger partial charge in [-0.1, -0.05) is 18.2 Å². The zero-order chi connectivity index (χ0) is 18.1. The average molecular weight is 357 g/mol. The minimum Gasteiger partial charge on any atom is -0.361 e. The largest absolute Gasteiger partial charge is 0.361 e. The molecule has 2 N–H and O–H groups in total. The van der Waals surface area contributed by atoms with Crippen molar-refractivity contribution < 1.29 is 14.0 Å². The van der Waals surface area contributed by atoms with Gasteiger partial charge in [-0.15, -0.1) is 0 Å². The summed E-state index contributed by atoms with van der Waals surface area (Å²) in [7, 11) is 0. The predicted molar refractivity (Wildman–Crippen MR) is 97.4 cm³/mol. The third-order valence-electron chi connectivity index (χ3n) is 5.58. The Kier molecular flexibility index (Phi) is 4.42. The number of carbonyl (C=O) groups is 2. The maximum atomic E-state index is 14.9. The zero-order valence-electron chi connectivity index (χ0n) is 14.8. The van der Waals surface area contributed by atoms with Crippen LogP contribution in [0.25, 0.3) is 10.9 Å². The number of fused-ring (bicyclic) bond motifs is 1. The van der Waals surface area contributed by atoms with Crippen molar-refractivity contribution in [1.29, 1.82) is 0 Å². The molecule has 2 aliphatic rings. The lowest BCUT2D eigenvalue weighted by Crippen LogP contribution is -2.52. The van der Waals surface area contributed by atoms with E-state index in [0.717, 1.165) is 29.3 Å². The molecule has 6 heteroatoms. The van der Waals surface area contributed by atoms with Crippen LogP contribution in [0.4, 0.5) is 4.39 Å². The van der Waals surface area contributed by atoms with Crippen LogP contribution < -0.4 is 5.32 Å². The number of hydrogen-bond acceptors (Lipinski definition) is 2. The number of halogens is 1. The molecular formula is C20H24FN3O2. The highest BCUT2D eigenvalue weighted by atomic mass is 19.1. The van der Waals surface area contributed by atoms with Crippen LogP contribution >= 0.6 is 0 Å². The van der Waals surface area contributed by atoms with Crippen molar-refractivity contribution in [2.45, 2.75) is 37.8 Å². The van der Waals surface area contributed by atoms with Crippen molar-refractivity contribution in [3.8, 4) is 0 Å². The smallest absolute Gasteiger partial charge is 0.257 e. The number of piperidine rings is 1. The molecule has 2 fully saturated rings. The predicted octanol–water partition coefficient (Wildman–Crippen LogP) is 2.57. The molecule has 2 aromatic rings. The summed E-state index contributed by atoms with van der Waals surface area (Å²) in [5.74, 6) is 0.00343. The molecule has 0 atom stereocenters. The maximum Gasteiger partial charge on any atom is 0.257 e. The molecule has 1 aromatic carbocycles. The summed E-state index contributed by atoms with van der Waals surface area (Å²) < 4.78 is 14.9. The van der Waals surface area contributed by atoms with Gasteiger partial charge in [0.15, 0.2) is 5.67 Å². The number of rotatable bonds is 5. The van der Waals surface area contributed by atoms with E-state index in [1.165, 1.54) is 0 Å². The summed E-state index contributed by atoms with van der Waals surface area (Å²) in [4.78, 5) is 29.6. The number of nitrogens with one attached hydrogen (secondary N) is 2. The zero-order valence-corrected chi connectivity index (χ0v) is 14.8. The summed E-state index contributed by atoms with van der Waals surface area (Å²) in [5.41, 5.74) is 0.112. The lowest BCUT2D eigenvalue weighted by Gasteiger charge is -2.35. The van der Waals surface area contributed by atoms with E-state index in [-0.39, 0.29) is 38.3 Å². The van der Waals surface area contributed by atoms with Crippen molar-refractivity contribution >= 4 is 22.7 Å². The Balaban J connectivity index is 1.33. The van der Waals surface area contributed by atoms with Gasteiger partial charge in [-0.05, 0) is 30.4 Å². The monoisotopic (exact) mass is 357 g/mol. The van der Waals surface area contributed by atoms with Gasteiger partial charge in [-0.25, -0.2) is 4.39 Å². The highest BCUT2D eigenvalue weighted by molar-refractivity contribution is 5.89. The van der Waals surface area contributed by atoms with Gasteiger partial charge in [0.05, 0.1) is 6.42 Å². The average Bonchev–Trinajstić information content (AvgIpc) is 3.40. The topological polar surface area (TPSA) is 65.2 Å². The van der Waals surface area contributed by atoms with Gasteiger partial charge in [-0.2, -0.15) is 0 Å². The first-order valence-electron chi connectivity index (χ1n) is 9.35. The number of alkyl halides is 1. The van der Waals surface area contributed by atoms with Crippen LogP contribution in [0.15, 0.2) is 30.5 Å². The number of para-hydroxylation sites is 1. The van der Waals surface area contributed by atoms with Crippen LogP contribution in [-0.4, -0.2) is 47.0 Å². The van der Waals surface area contributed by atoms with E-state index < -0.39 is 11.6 Å². The number of aromatic nitrogens is 1. The SMILES string of the molecule is O=C(Cc1c[nH]c2ccccc12)N1CCC(F)(C(=O)NCC2CC2)CC1. The van der Waals surface area contributed by atoms with Gasteiger partial charge >= 0.3 is 0 Å². The molecular weight excluding hydrogens is 333 g/mol. The molecule has 1 aliphatic heterocycles. The fourth-order valence-electron chi connectivity index (χ4n) is 3.61. The molecule has 2 amide bonds. The normalized spacial score (nSPS) is 19.5. The number of hydrogen-bond donors (Lipinski definition) is 2. The van der Waals surface area contributed by atoms with Crippen molar-refractivity contribution in [3.63, 3.8) is 0 Å². The van der Waals surface area contributed by atoms with Crippen LogP contribution in [0.3, 0.4) is 0 Å². The minimum absolute atomic E-state index is 0.0183. The standard InChI is InChI=1S/C20H24FN3O2/c21-20(19(26)23-12-14-5-6-14)7-9-24(10-8-20)18(25)11-15-13-22-17-4-2-1-3-16(15)17/h1-4,13-14,22H,5-12H2,(H,23,26). The molecule has 4 rings (SSSR count). The second-order valence-corrected chi connectivity index (χ2v) is 7.54. The molecule has 1 saturated heterocycles. The lowest BCUT2D eigenvalue weighted by atomic mass is 9.92. The number of carbonyl (C=O) groups excluding carboxylic acids is 2. The third-order valence-corrected chi connectivity index (χ3v) is 5.58. The van der Waals surface area contributed by atoms with Crippen LogP contribution in [-0.2, 0) is 16.0 Å². The Hall–Kier alpha value is -2.37. The first kappa shape index (κ1) is 17.1. The van der Waals surface area contributed by atoms with Gasteiger partial charge in [0.25, 0.3) is 5.91 Å². The number of amides is 2. The van der Waals surface area contributed by atoms with E-state index in [2.05, 4.69) is 10.3 Å². The van der Waals surface area contributed by atoms with Gasteiger partial charge in [0, 0.05) is 49.6 Å². The molecule has 1 aromatic heterocycles. The quantitative estimate of drug-likeness (QED) is 0.864. The van der Waals surface area contributed by atoms with Crippen LogP contribution in [0.1, 0.15) is 31.2 Å². The maximum absolute atomic E-state index is 14.9. The molecule has 5 nitrogen and oxygen atoms in total. The second kappa shape index (κ2) is 6.74. The van der Waals surface area contributed by atoms with Crippen LogP contribution in [0.2, 0.25) is 0 Å². The van der Waals surface area contributed by atoms with Crippen LogP contribution in [0, 0.1) is 5.92 Å². The fraction of sp³-hybridized carbons (Fsp3) is 0.500. The first-order chi connectivity index (χ1) is 12.5. The van der Waals surface area contributed by atoms with Crippen molar-refractivity contribution in [2.75, 3.05) is 19.6 Å². The van der Waals surface area contributed by atoms with E-state index in [1.807, 2.05) is 30.5 Å². The lowest BCUT2D eigenvalue weighted by molar-refractivity contribution is -0.141. The Bertz CT molecular complexity index is 819. The number of likely N-dealkylation sites (tertiary alicyclic amines) is 1. The fourth-order valence-corrected chi connectivity index (χ4v) is 3.61. The van der Waals surface area contributed by atoms with Crippen molar-refractivity contribution in [1.82, 2.24) is 15.2 Å². The Labute approximate surface area is 151 Å². The molecule has 1 saturated carbocycles. The number of aromatic amines is 1. The van der Waals surface area contributed by atoms with Crippen molar-refractivity contribution in [3.05, 3.63) is 36.0 Å². The summed E-state index contributed by atoms with van der Waals surface area (Å²) in [6.07, 6.45) is 4.53. The Morgan fingerprint density at radius 1 is 1.23 bits per heavy atom. The van der Waals surface area contributed by atoms with E-state index in [0.29, 0.717) is 12.5 Å². The molecule has 2 heterocycles. The molecule has 0 radical (unpaired) electrons. The summed E-state index contributed by atoms with van der Waals surface area (Å²) in [5, 5.41) is 3.77. The van der Waals surface area contributed by atoms with E-state index in [1.54, 1.807) is 4.90 Å². The van der Waals surface area contributed by atoms with Gasteiger partial charge in [-0.3, -0.25) is 9.59 Å². The summed E-state index contributed by atoms with van der Waals surface area (Å²) >= 11 is 0. The first-order valence-corrected chi connectivity index (χ1v) is 9.35. The number of H-pyrrole nitrogens is 1. The summed E-state index contributed by atoms with van der Waals surface area (Å²) in [6, 6.07) is 7.86. The molecule has 26 heavy (non-hydrogen) atoms. The number of nitrogens with zero attached hydrogens (tertiary/aromatic N) is 1. The second-order valence-electron chi connectivity index (χ2n) is 7.54.